The average molecular weight is 287 g/mol. The van der Waals surface area contributed by atoms with Gasteiger partial charge in [0.25, 0.3) is 11.9 Å². The Morgan fingerprint density at radius 1 is 1.45 bits per heavy atom. The highest BCUT2D eigenvalue weighted by molar-refractivity contribution is 7.19. The molecule has 0 saturated heterocycles. The first kappa shape index (κ1) is 12.7. The highest BCUT2D eigenvalue weighted by Gasteiger charge is 2.13. The number of aromatic nitrogens is 1. The molecule has 102 valence electrons. The van der Waals surface area contributed by atoms with E-state index in [1.165, 1.54) is 21.2 Å². The van der Waals surface area contributed by atoms with Crippen molar-refractivity contribution >= 4 is 33.3 Å². The number of oxazole rings is 1. The number of carbonyl (C=O) groups excluding carboxylic acids is 1. The van der Waals surface area contributed by atoms with Crippen LogP contribution in [-0.2, 0) is 6.54 Å². The fraction of sp³-hybridized carbons (Fsp3) is 0.143. The van der Waals surface area contributed by atoms with Gasteiger partial charge in [0.2, 0.25) is 5.76 Å². The second-order valence-electron chi connectivity index (χ2n) is 4.38. The number of rotatable bonds is 3. The van der Waals surface area contributed by atoms with Gasteiger partial charge in [-0.1, -0.05) is 18.2 Å². The van der Waals surface area contributed by atoms with E-state index in [0.717, 1.165) is 5.56 Å². The van der Waals surface area contributed by atoms with E-state index < -0.39 is 0 Å². The van der Waals surface area contributed by atoms with Crippen LogP contribution in [0.25, 0.3) is 10.1 Å². The van der Waals surface area contributed by atoms with Crippen LogP contribution in [-0.4, -0.2) is 10.9 Å². The molecule has 0 spiro atoms. The van der Waals surface area contributed by atoms with Gasteiger partial charge in [0.05, 0.1) is 6.20 Å². The van der Waals surface area contributed by atoms with Crippen molar-refractivity contribution in [2.45, 2.75) is 13.5 Å². The number of benzene rings is 1. The lowest BCUT2D eigenvalue weighted by atomic mass is 10.1. The molecule has 0 bridgehead atoms. The molecular formula is C14H13N3O2S. The molecule has 0 atom stereocenters. The van der Waals surface area contributed by atoms with Gasteiger partial charge in [-0.3, -0.25) is 4.79 Å². The van der Waals surface area contributed by atoms with Gasteiger partial charge in [0, 0.05) is 16.1 Å². The summed E-state index contributed by atoms with van der Waals surface area (Å²) in [6.07, 6.45) is 1.32. The standard InChI is InChI=1S/C14H13N3O2S/c1-8-10(9-4-2-3-5-12(9)20-8)6-16-13(18)11-7-17-14(15)19-11/h2-5,7H,6H2,1H3,(H2,15,17)(H,16,18). The van der Waals surface area contributed by atoms with Crippen molar-refractivity contribution in [3.05, 3.63) is 46.7 Å². The van der Waals surface area contributed by atoms with Crippen molar-refractivity contribution in [1.82, 2.24) is 10.3 Å². The first-order chi connectivity index (χ1) is 9.65. The molecule has 1 aromatic carbocycles. The SMILES string of the molecule is Cc1sc2ccccc2c1CNC(=O)c1cnc(N)o1. The summed E-state index contributed by atoms with van der Waals surface area (Å²) >= 11 is 1.72. The topological polar surface area (TPSA) is 81.2 Å². The van der Waals surface area contributed by atoms with Gasteiger partial charge in [-0.2, -0.15) is 0 Å². The maximum absolute atomic E-state index is 11.9. The normalized spacial score (nSPS) is 10.8. The quantitative estimate of drug-likeness (QED) is 0.776. The Morgan fingerprint density at radius 3 is 3.00 bits per heavy atom. The molecule has 2 heterocycles. The fourth-order valence-electron chi connectivity index (χ4n) is 2.09. The summed E-state index contributed by atoms with van der Waals surface area (Å²) in [5.74, 6) is -0.191. The number of nitrogens with zero attached hydrogens (tertiary/aromatic N) is 1. The highest BCUT2D eigenvalue weighted by Crippen LogP contribution is 2.30. The maximum atomic E-state index is 11.9. The molecule has 20 heavy (non-hydrogen) atoms. The zero-order valence-electron chi connectivity index (χ0n) is 10.8. The second-order valence-corrected chi connectivity index (χ2v) is 5.63. The molecule has 0 radical (unpaired) electrons. The zero-order chi connectivity index (χ0) is 14.1. The number of hydrogen-bond acceptors (Lipinski definition) is 5. The first-order valence-electron chi connectivity index (χ1n) is 6.11. The smallest absolute Gasteiger partial charge is 0.292 e. The number of anilines is 1. The van der Waals surface area contributed by atoms with Gasteiger partial charge in [-0.25, -0.2) is 4.98 Å². The van der Waals surface area contributed by atoms with Crippen LogP contribution in [0.5, 0.6) is 0 Å². The molecule has 0 fully saturated rings. The summed E-state index contributed by atoms with van der Waals surface area (Å²) in [7, 11) is 0. The Hall–Kier alpha value is -2.34. The number of hydrogen-bond donors (Lipinski definition) is 2. The number of thiophene rings is 1. The Labute approximate surface area is 119 Å². The Balaban J connectivity index is 1.80. The molecule has 0 unspecified atom stereocenters. The molecule has 0 aliphatic heterocycles. The van der Waals surface area contributed by atoms with E-state index in [1.54, 1.807) is 11.3 Å². The monoisotopic (exact) mass is 287 g/mol. The predicted molar refractivity (Wildman–Crippen MR) is 78.6 cm³/mol. The minimum atomic E-state index is -0.316. The molecule has 0 aliphatic carbocycles. The van der Waals surface area contributed by atoms with Gasteiger partial charge < -0.3 is 15.5 Å². The second kappa shape index (κ2) is 4.97. The summed E-state index contributed by atoms with van der Waals surface area (Å²) < 4.78 is 6.21. The van der Waals surface area contributed by atoms with Crippen LogP contribution in [0, 0.1) is 6.92 Å². The van der Waals surface area contributed by atoms with Gasteiger partial charge >= 0.3 is 0 Å². The molecule has 0 aliphatic rings. The Morgan fingerprint density at radius 2 is 2.25 bits per heavy atom. The fourth-order valence-corrected chi connectivity index (χ4v) is 3.17. The molecule has 5 nitrogen and oxygen atoms in total. The molecule has 0 saturated carbocycles. The summed E-state index contributed by atoms with van der Waals surface area (Å²) in [5.41, 5.74) is 6.48. The minimum Gasteiger partial charge on any atom is -0.418 e. The van der Waals surface area contributed by atoms with E-state index in [2.05, 4.69) is 29.4 Å². The van der Waals surface area contributed by atoms with E-state index in [9.17, 15) is 4.79 Å². The lowest BCUT2D eigenvalue weighted by molar-refractivity contribution is 0.0924. The molecule has 3 rings (SSSR count). The van der Waals surface area contributed by atoms with Crippen molar-refractivity contribution in [2.24, 2.45) is 0 Å². The van der Waals surface area contributed by atoms with Gasteiger partial charge in [-0.05, 0) is 23.9 Å². The summed E-state index contributed by atoms with van der Waals surface area (Å²) in [4.78, 5) is 16.8. The number of fused-ring (bicyclic) bond motifs is 1. The van der Waals surface area contributed by atoms with Crippen LogP contribution < -0.4 is 11.1 Å². The van der Waals surface area contributed by atoms with Crippen LogP contribution in [0.4, 0.5) is 6.01 Å². The third-order valence-electron chi connectivity index (χ3n) is 3.07. The van der Waals surface area contributed by atoms with Crippen molar-refractivity contribution in [2.75, 3.05) is 5.73 Å². The summed E-state index contributed by atoms with van der Waals surface area (Å²) in [6.45, 7) is 2.51. The van der Waals surface area contributed by atoms with E-state index in [4.69, 9.17) is 10.2 Å². The Bertz CT molecular complexity index is 776. The van der Waals surface area contributed by atoms with Crippen molar-refractivity contribution in [3.63, 3.8) is 0 Å². The van der Waals surface area contributed by atoms with E-state index >= 15 is 0 Å². The lowest BCUT2D eigenvalue weighted by Gasteiger charge is -2.03. The van der Waals surface area contributed by atoms with Crippen LogP contribution in [0.15, 0.2) is 34.9 Å². The Kier molecular flexibility index (Phi) is 3.15. The molecule has 1 amide bonds. The number of nitrogen functional groups attached to an aromatic ring is 1. The number of nitrogens with one attached hydrogen (secondary N) is 1. The molecule has 2 aromatic heterocycles. The van der Waals surface area contributed by atoms with Crippen molar-refractivity contribution in [1.29, 1.82) is 0 Å². The van der Waals surface area contributed by atoms with Crippen LogP contribution in [0.2, 0.25) is 0 Å². The third-order valence-corrected chi connectivity index (χ3v) is 4.20. The molecule has 3 aromatic rings. The van der Waals surface area contributed by atoms with Gasteiger partial charge in [0.1, 0.15) is 0 Å². The first-order valence-corrected chi connectivity index (χ1v) is 6.93. The van der Waals surface area contributed by atoms with Crippen LogP contribution in [0.1, 0.15) is 21.0 Å². The number of nitrogens with two attached hydrogens (primary N) is 1. The predicted octanol–water partition coefficient (Wildman–Crippen LogP) is 2.71. The largest absolute Gasteiger partial charge is 0.418 e. The van der Waals surface area contributed by atoms with E-state index in [1.807, 2.05) is 12.1 Å². The van der Waals surface area contributed by atoms with Crippen LogP contribution in [0.3, 0.4) is 0 Å². The van der Waals surface area contributed by atoms with E-state index in [0.29, 0.717) is 6.54 Å². The number of carbonyl (C=O) groups is 1. The lowest BCUT2D eigenvalue weighted by Crippen LogP contribution is -2.22. The third kappa shape index (κ3) is 2.25. The van der Waals surface area contributed by atoms with Crippen molar-refractivity contribution < 1.29 is 9.21 Å². The number of aryl methyl sites for hydroxylation is 1. The molecule has 6 heteroatoms. The minimum absolute atomic E-state index is 0.00712. The summed E-state index contributed by atoms with van der Waals surface area (Å²) in [5, 5.41) is 4.00. The van der Waals surface area contributed by atoms with Gasteiger partial charge in [-0.15, -0.1) is 11.3 Å². The summed E-state index contributed by atoms with van der Waals surface area (Å²) in [6, 6.07) is 8.14. The van der Waals surface area contributed by atoms with Crippen LogP contribution >= 0.6 is 11.3 Å². The molecular weight excluding hydrogens is 274 g/mol. The maximum Gasteiger partial charge on any atom is 0.292 e. The zero-order valence-corrected chi connectivity index (χ0v) is 11.7. The highest BCUT2D eigenvalue weighted by atomic mass is 32.1. The average Bonchev–Trinajstić information content (AvgIpc) is 2.99. The number of amides is 1. The van der Waals surface area contributed by atoms with Gasteiger partial charge in [0.15, 0.2) is 0 Å². The van der Waals surface area contributed by atoms with Crippen molar-refractivity contribution in [3.8, 4) is 0 Å². The molecule has 3 N–H and O–H groups in total. The van der Waals surface area contributed by atoms with E-state index in [-0.39, 0.29) is 17.7 Å².